The summed E-state index contributed by atoms with van der Waals surface area (Å²) in [6.07, 6.45) is 0.853. The van der Waals surface area contributed by atoms with Gasteiger partial charge >= 0.3 is 0 Å². The number of fused-ring (bicyclic) bond motifs is 1. The molecule has 2 rings (SSSR count). The molecule has 3 nitrogen and oxygen atoms in total. The van der Waals surface area contributed by atoms with Crippen LogP contribution in [-0.4, -0.2) is 18.2 Å². The first-order chi connectivity index (χ1) is 7.56. The molecule has 0 saturated carbocycles. The van der Waals surface area contributed by atoms with E-state index in [-0.39, 0.29) is 11.7 Å². The smallest absolute Gasteiger partial charge is 0.299 e. The molecule has 84 valence electrons. The third kappa shape index (κ3) is 1.43. The van der Waals surface area contributed by atoms with E-state index in [2.05, 4.69) is 0 Å². The minimum absolute atomic E-state index is 0.366. The average Bonchev–Trinajstić information content (AvgIpc) is 2.44. The summed E-state index contributed by atoms with van der Waals surface area (Å²) < 4.78 is 0. The van der Waals surface area contributed by atoms with Crippen molar-refractivity contribution in [2.75, 3.05) is 11.4 Å². The van der Waals surface area contributed by atoms with Crippen molar-refractivity contribution in [2.24, 2.45) is 0 Å². The van der Waals surface area contributed by atoms with Gasteiger partial charge in [-0.25, -0.2) is 0 Å². The quantitative estimate of drug-likeness (QED) is 0.712. The van der Waals surface area contributed by atoms with Crippen LogP contribution >= 0.6 is 0 Å². The highest BCUT2D eigenvalue weighted by molar-refractivity contribution is 6.52. The molecule has 0 atom stereocenters. The second-order valence-corrected chi connectivity index (χ2v) is 4.26. The van der Waals surface area contributed by atoms with E-state index in [1.807, 2.05) is 26.8 Å². The summed E-state index contributed by atoms with van der Waals surface area (Å²) in [5.74, 6) is -0.749. The fourth-order valence-electron chi connectivity index (χ4n) is 2.27. The summed E-state index contributed by atoms with van der Waals surface area (Å²) in [7, 11) is 0. The lowest BCUT2D eigenvalue weighted by Gasteiger charge is -2.17. The van der Waals surface area contributed by atoms with Gasteiger partial charge in [-0.2, -0.15) is 0 Å². The van der Waals surface area contributed by atoms with Gasteiger partial charge in [-0.3, -0.25) is 9.59 Å². The zero-order valence-electron chi connectivity index (χ0n) is 9.83. The molecule has 0 unspecified atom stereocenters. The van der Waals surface area contributed by atoms with Gasteiger partial charge in [-0.05, 0) is 37.5 Å². The minimum Gasteiger partial charge on any atom is -0.305 e. The maximum atomic E-state index is 11.8. The van der Waals surface area contributed by atoms with Crippen LogP contribution < -0.4 is 4.90 Å². The number of rotatable bonds is 2. The lowest BCUT2D eigenvalue weighted by atomic mass is 10.0. The number of amides is 1. The molecule has 1 amide bonds. The summed E-state index contributed by atoms with van der Waals surface area (Å²) in [6, 6.07) is 3.81. The number of carbonyl (C=O) groups excluding carboxylic acids is 2. The Kier molecular flexibility index (Phi) is 2.54. The SMILES string of the molecule is CCCN1C(=O)C(=O)c2cc(C)cc(C)c21. The Morgan fingerprint density at radius 3 is 2.50 bits per heavy atom. The molecule has 16 heavy (non-hydrogen) atoms. The van der Waals surface area contributed by atoms with Crippen LogP contribution in [0.25, 0.3) is 0 Å². The number of anilines is 1. The molecule has 0 aliphatic carbocycles. The van der Waals surface area contributed by atoms with E-state index < -0.39 is 0 Å². The first kappa shape index (κ1) is 10.9. The van der Waals surface area contributed by atoms with Gasteiger partial charge in [0.1, 0.15) is 0 Å². The number of aryl methyl sites for hydroxylation is 2. The first-order valence-electron chi connectivity index (χ1n) is 5.53. The number of hydrogen-bond donors (Lipinski definition) is 0. The summed E-state index contributed by atoms with van der Waals surface area (Å²) >= 11 is 0. The zero-order chi connectivity index (χ0) is 11.9. The van der Waals surface area contributed by atoms with Crippen molar-refractivity contribution in [3.05, 3.63) is 28.8 Å². The van der Waals surface area contributed by atoms with Gasteiger partial charge in [0, 0.05) is 6.54 Å². The largest absolute Gasteiger partial charge is 0.305 e. The van der Waals surface area contributed by atoms with Crippen LogP contribution in [0.15, 0.2) is 12.1 Å². The Bertz CT molecular complexity index is 477. The van der Waals surface area contributed by atoms with Crippen molar-refractivity contribution >= 4 is 17.4 Å². The highest BCUT2D eigenvalue weighted by atomic mass is 16.2. The maximum Gasteiger partial charge on any atom is 0.299 e. The fourth-order valence-corrected chi connectivity index (χ4v) is 2.27. The molecule has 0 bridgehead atoms. The molecule has 1 aliphatic rings. The second-order valence-electron chi connectivity index (χ2n) is 4.26. The number of ketones is 1. The topological polar surface area (TPSA) is 37.4 Å². The standard InChI is InChI=1S/C13H15NO2/c1-4-5-14-11-9(3)6-8(2)7-10(11)12(15)13(14)16/h6-7H,4-5H2,1-3H3. The zero-order valence-corrected chi connectivity index (χ0v) is 9.83. The molecule has 0 aromatic heterocycles. The minimum atomic E-state index is -0.384. The van der Waals surface area contributed by atoms with E-state index in [4.69, 9.17) is 0 Å². The van der Waals surface area contributed by atoms with Crippen molar-refractivity contribution in [2.45, 2.75) is 27.2 Å². The monoisotopic (exact) mass is 217 g/mol. The van der Waals surface area contributed by atoms with Gasteiger partial charge in [0.2, 0.25) is 0 Å². The Hall–Kier alpha value is -1.64. The van der Waals surface area contributed by atoms with Gasteiger partial charge < -0.3 is 4.90 Å². The molecular weight excluding hydrogens is 202 g/mol. The third-order valence-electron chi connectivity index (χ3n) is 2.85. The Balaban J connectivity index is 2.60. The van der Waals surface area contributed by atoms with Crippen LogP contribution in [0.4, 0.5) is 5.69 Å². The van der Waals surface area contributed by atoms with Gasteiger partial charge in [0.15, 0.2) is 0 Å². The molecule has 1 heterocycles. The highest BCUT2D eigenvalue weighted by Crippen LogP contribution is 2.33. The van der Waals surface area contributed by atoms with E-state index in [0.29, 0.717) is 12.1 Å². The highest BCUT2D eigenvalue weighted by Gasteiger charge is 2.36. The molecule has 3 heteroatoms. The number of hydrogen-bond acceptors (Lipinski definition) is 2. The van der Waals surface area contributed by atoms with Crippen molar-refractivity contribution in [1.82, 2.24) is 0 Å². The summed E-state index contributed by atoms with van der Waals surface area (Å²) in [5, 5.41) is 0. The molecule has 0 fully saturated rings. The van der Waals surface area contributed by atoms with E-state index >= 15 is 0 Å². The van der Waals surface area contributed by atoms with Crippen LogP contribution in [0.3, 0.4) is 0 Å². The van der Waals surface area contributed by atoms with Crippen molar-refractivity contribution in [3.8, 4) is 0 Å². The second kappa shape index (κ2) is 3.74. The van der Waals surface area contributed by atoms with E-state index in [1.165, 1.54) is 0 Å². The average molecular weight is 217 g/mol. The fraction of sp³-hybridized carbons (Fsp3) is 0.385. The summed E-state index contributed by atoms with van der Waals surface area (Å²) in [4.78, 5) is 25.2. The van der Waals surface area contributed by atoms with Gasteiger partial charge in [-0.15, -0.1) is 0 Å². The number of nitrogens with zero attached hydrogens (tertiary/aromatic N) is 1. The third-order valence-corrected chi connectivity index (χ3v) is 2.85. The van der Waals surface area contributed by atoms with E-state index in [0.717, 1.165) is 23.2 Å². The number of carbonyl (C=O) groups is 2. The Morgan fingerprint density at radius 1 is 1.19 bits per heavy atom. The van der Waals surface area contributed by atoms with Gasteiger partial charge in [0.25, 0.3) is 11.7 Å². The molecule has 0 saturated heterocycles. The maximum absolute atomic E-state index is 11.8. The molecular formula is C13H15NO2. The summed E-state index contributed by atoms with van der Waals surface area (Å²) in [6.45, 7) is 6.49. The van der Waals surface area contributed by atoms with Crippen LogP contribution in [0, 0.1) is 13.8 Å². The Labute approximate surface area is 95.1 Å². The van der Waals surface area contributed by atoms with Crippen molar-refractivity contribution in [1.29, 1.82) is 0 Å². The van der Waals surface area contributed by atoms with Crippen molar-refractivity contribution < 1.29 is 9.59 Å². The lowest BCUT2D eigenvalue weighted by Crippen LogP contribution is -2.30. The molecule has 1 aliphatic heterocycles. The molecule has 1 aromatic carbocycles. The molecule has 0 N–H and O–H groups in total. The molecule has 1 aromatic rings. The normalized spacial score (nSPS) is 14.6. The van der Waals surface area contributed by atoms with Crippen LogP contribution in [0.5, 0.6) is 0 Å². The number of benzene rings is 1. The molecule has 0 radical (unpaired) electrons. The lowest BCUT2D eigenvalue weighted by molar-refractivity contribution is -0.114. The Morgan fingerprint density at radius 2 is 1.88 bits per heavy atom. The van der Waals surface area contributed by atoms with Crippen molar-refractivity contribution in [3.63, 3.8) is 0 Å². The first-order valence-corrected chi connectivity index (χ1v) is 5.53. The predicted octanol–water partition coefficient (Wildman–Crippen LogP) is 2.24. The van der Waals surface area contributed by atoms with Crippen LogP contribution in [0.2, 0.25) is 0 Å². The molecule has 0 spiro atoms. The van der Waals surface area contributed by atoms with Crippen LogP contribution in [0.1, 0.15) is 34.8 Å². The van der Waals surface area contributed by atoms with Gasteiger partial charge in [-0.1, -0.05) is 13.0 Å². The predicted molar refractivity (Wildman–Crippen MR) is 62.9 cm³/mol. The van der Waals surface area contributed by atoms with Crippen LogP contribution in [-0.2, 0) is 4.79 Å². The van der Waals surface area contributed by atoms with E-state index in [1.54, 1.807) is 11.0 Å². The number of Topliss-reactive ketones (excluding diaryl/α,β-unsaturated/α-hetero) is 1. The van der Waals surface area contributed by atoms with Gasteiger partial charge in [0.05, 0.1) is 11.3 Å². The van der Waals surface area contributed by atoms with E-state index in [9.17, 15) is 9.59 Å². The summed E-state index contributed by atoms with van der Waals surface area (Å²) in [5.41, 5.74) is 3.40.